The van der Waals surface area contributed by atoms with Crippen LogP contribution < -0.4 is 10.1 Å². The molecule has 1 aromatic heterocycles. The van der Waals surface area contributed by atoms with Gasteiger partial charge < -0.3 is 14.6 Å². The maximum Gasteiger partial charge on any atom is 0.289 e. The summed E-state index contributed by atoms with van der Waals surface area (Å²) in [6.45, 7) is 1.21. The molecule has 3 rings (SSSR count). The first-order valence-corrected chi connectivity index (χ1v) is 7.03. The number of carbonyl (C=O) groups is 1. The predicted molar refractivity (Wildman–Crippen MR) is 77.3 cm³/mol. The third kappa shape index (κ3) is 2.51. The van der Waals surface area contributed by atoms with Gasteiger partial charge in [-0.05, 0) is 23.8 Å². The number of ether oxygens (including phenoxy) is 1. The van der Waals surface area contributed by atoms with E-state index in [0.29, 0.717) is 18.0 Å². The Labute approximate surface area is 121 Å². The minimum Gasteiger partial charge on any atom is -0.493 e. The standard InChI is InChI=1S/C14H14N2O3S/c17-14(15-4-6-20)13-8-11(16-19-13)9-1-2-12-10(7-9)3-5-18-12/h1-2,7-8,20H,3-6H2,(H,15,17). The van der Waals surface area contributed by atoms with Crippen molar-refractivity contribution in [3.63, 3.8) is 0 Å². The van der Waals surface area contributed by atoms with Gasteiger partial charge in [-0.15, -0.1) is 0 Å². The van der Waals surface area contributed by atoms with Gasteiger partial charge >= 0.3 is 0 Å². The number of hydrogen-bond donors (Lipinski definition) is 2. The molecular formula is C14H14N2O3S. The maximum absolute atomic E-state index is 11.7. The van der Waals surface area contributed by atoms with E-state index in [-0.39, 0.29) is 11.7 Å². The quantitative estimate of drug-likeness (QED) is 0.845. The van der Waals surface area contributed by atoms with E-state index in [1.54, 1.807) is 6.07 Å². The van der Waals surface area contributed by atoms with Gasteiger partial charge in [-0.2, -0.15) is 12.6 Å². The normalized spacial score (nSPS) is 12.8. The number of nitrogens with one attached hydrogen (secondary N) is 1. The molecule has 0 bridgehead atoms. The van der Waals surface area contributed by atoms with Gasteiger partial charge in [-0.3, -0.25) is 4.79 Å². The van der Waals surface area contributed by atoms with Crippen molar-refractivity contribution in [2.24, 2.45) is 0 Å². The van der Waals surface area contributed by atoms with Crippen molar-refractivity contribution in [1.29, 1.82) is 0 Å². The fourth-order valence-corrected chi connectivity index (χ4v) is 2.23. The molecular weight excluding hydrogens is 276 g/mol. The Morgan fingerprint density at radius 3 is 3.15 bits per heavy atom. The van der Waals surface area contributed by atoms with Gasteiger partial charge in [-0.25, -0.2) is 0 Å². The average Bonchev–Trinajstić information content (AvgIpc) is 3.12. The number of fused-ring (bicyclic) bond motifs is 1. The van der Waals surface area contributed by atoms with Crippen LogP contribution in [0.5, 0.6) is 5.75 Å². The van der Waals surface area contributed by atoms with E-state index < -0.39 is 0 Å². The molecule has 0 radical (unpaired) electrons. The molecule has 104 valence electrons. The summed E-state index contributed by atoms with van der Waals surface area (Å²) in [6.07, 6.45) is 0.899. The molecule has 5 nitrogen and oxygen atoms in total. The lowest BCUT2D eigenvalue weighted by Gasteiger charge is -2.00. The van der Waals surface area contributed by atoms with E-state index in [4.69, 9.17) is 9.26 Å². The topological polar surface area (TPSA) is 64.4 Å². The van der Waals surface area contributed by atoms with Gasteiger partial charge in [0.15, 0.2) is 0 Å². The van der Waals surface area contributed by atoms with Crippen LogP contribution in [0.3, 0.4) is 0 Å². The summed E-state index contributed by atoms with van der Waals surface area (Å²) in [4.78, 5) is 11.7. The Hall–Kier alpha value is -1.95. The molecule has 1 aromatic carbocycles. The highest BCUT2D eigenvalue weighted by atomic mass is 32.1. The second-order valence-corrected chi connectivity index (χ2v) is 4.92. The fraction of sp³-hybridized carbons (Fsp3) is 0.286. The molecule has 0 aliphatic carbocycles. The maximum atomic E-state index is 11.7. The molecule has 1 N–H and O–H groups in total. The largest absolute Gasteiger partial charge is 0.493 e. The molecule has 6 heteroatoms. The first-order chi connectivity index (χ1) is 9.78. The average molecular weight is 290 g/mol. The number of carbonyl (C=O) groups excluding carboxylic acids is 1. The van der Waals surface area contributed by atoms with Gasteiger partial charge in [-0.1, -0.05) is 5.16 Å². The fourth-order valence-electron chi connectivity index (χ4n) is 2.12. The molecule has 0 unspecified atom stereocenters. The first kappa shape index (κ1) is 13.1. The van der Waals surface area contributed by atoms with Gasteiger partial charge in [0.25, 0.3) is 5.91 Å². The molecule has 0 fully saturated rings. The second kappa shape index (κ2) is 5.58. The molecule has 0 spiro atoms. The van der Waals surface area contributed by atoms with Crippen LogP contribution in [0.15, 0.2) is 28.8 Å². The third-order valence-electron chi connectivity index (χ3n) is 3.12. The highest BCUT2D eigenvalue weighted by Gasteiger charge is 2.16. The van der Waals surface area contributed by atoms with Crippen LogP contribution in [0.4, 0.5) is 0 Å². The third-order valence-corrected chi connectivity index (χ3v) is 3.34. The van der Waals surface area contributed by atoms with Crippen LogP contribution in [0.1, 0.15) is 16.1 Å². The molecule has 1 aliphatic heterocycles. The number of thiol groups is 1. The minimum atomic E-state index is -0.276. The number of rotatable bonds is 4. The smallest absolute Gasteiger partial charge is 0.289 e. The summed E-state index contributed by atoms with van der Waals surface area (Å²) in [5.74, 6) is 1.43. The van der Waals surface area contributed by atoms with Crippen molar-refractivity contribution in [1.82, 2.24) is 10.5 Å². The highest BCUT2D eigenvalue weighted by molar-refractivity contribution is 7.80. The Morgan fingerprint density at radius 2 is 2.30 bits per heavy atom. The van der Waals surface area contributed by atoms with Gasteiger partial charge in [0.05, 0.1) is 6.61 Å². The zero-order valence-corrected chi connectivity index (χ0v) is 11.7. The van der Waals surface area contributed by atoms with Crippen molar-refractivity contribution in [3.05, 3.63) is 35.6 Å². The van der Waals surface area contributed by atoms with Crippen LogP contribution in [0.2, 0.25) is 0 Å². The summed E-state index contributed by atoms with van der Waals surface area (Å²) < 4.78 is 10.5. The Balaban J connectivity index is 1.81. The molecule has 0 saturated heterocycles. The van der Waals surface area contributed by atoms with Crippen molar-refractivity contribution >= 4 is 18.5 Å². The van der Waals surface area contributed by atoms with Crippen LogP contribution in [-0.4, -0.2) is 30.0 Å². The SMILES string of the molecule is O=C(NCCS)c1cc(-c2ccc3c(c2)CCO3)no1. The zero-order chi connectivity index (χ0) is 13.9. The molecule has 1 aliphatic rings. The zero-order valence-electron chi connectivity index (χ0n) is 10.8. The van der Waals surface area contributed by atoms with Crippen LogP contribution >= 0.6 is 12.6 Å². The monoisotopic (exact) mass is 290 g/mol. The van der Waals surface area contributed by atoms with Crippen molar-refractivity contribution in [2.75, 3.05) is 18.9 Å². The van der Waals surface area contributed by atoms with E-state index in [2.05, 4.69) is 23.1 Å². The van der Waals surface area contributed by atoms with Crippen molar-refractivity contribution in [2.45, 2.75) is 6.42 Å². The summed E-state index contributed by atoms with van der Waals surface area (Å²) in [6, 6.07) is 7.51. The summed E-state index contributed by atoms with van der Waals surface area (Å²) in [7, 11) is 0. The molecule has 2 heterocycles. The summed E-state index contributed by atoms with van der Waals surface area (Å²) in [5.41, 5.74) is 2.73. The van der Waals surface area contributed by atoms with E-state index in [1.165, 1.54) is 0 Å². The van der Waals surface area contributed by atoms with Gasteiger partial charge in [0.2, 0.25) is 5.76 Å². The second-order valence-electron chi connectivity index (χ2n) is 4.48. The number of benzene rings is 1. The highest BCUT2D eigenvalue weighted by Crippen LogP contribution is 2.30. The van der Waals surface area contributed by atoms with E-state index in [9.17, 15) is 4.79 Å². The van der Waals surface area contributed by atoms with Crippen molar-refractivity contribution in [3.8, 4) is 17.0 Å². The van der Waals surface area contributed by atoms with E-state index in [1.807, 2.05) is 18.2 Å². The number of aromatic nitrogens is 1. The number of amides is 1. The Bertz CT molecular complexity index is 639. The summed E-state index contributed by atoms with van der Waals surface area (Å²) >= 11 is 4.03. The van der Waals surface area contributed by atoms with Crippen LogP contribution in [-0.2, 0) is 6.42 Å². The number of hydrogen-bond acceptors (Lipinski definition) is 5. The Morgan fingerprint density at radius 1 is 1.40 bits per heavy atom. The molecule has 0 atom stereocenters. The van der Waals surface area contributed by atoms with Crippen molar-refractivity contribution < 1.29 is 14.1 Å². The van der Waals surface area contributed by atoms with Gasteiger partial charge in [0.1, 0.15) is 11.4 Å². The number of nitrogens with zero attached hydrogens (tertiary/aromatic N) is 1. The first-order valence-electron chi connectivity index (χ1n) is 6.40. The van der Waals surface area contributed by atoms with E-state index in [0.717, 1.165) is 29.9 Å². The summed E-state index contributed by atoms with van der Waals surface area (Å²) in [5, 5.41) is 6.63. The molecule has 1 amide bonds. The Kier molecular flexibility index (Phi) is 3.64. The van der Waals surface area contributed by atoms with Crippen LogP contribution in [0.25, 0.3) is 11.3 Å². The molecule has 2 aromatic rings. The van der Waals surface area contributed by atoms with E-state index >= 15 is 0 Å². The minimum absolute atomic E-state index is 0.207. The lowest BCUT2D eigenvalue weighted by molar-refractivity contribution is 0.0919. The molecule has 0 saturated carbocycles. The lowest BCUT2D eigenvalue weighted by atomic mass is 10.1. The van der Waals surface area contributed by atoms with Gasteiger partial charge in [0, 0.05) is 30.3 Å². The van der Waals surface area contributed by atoms with Crippen LogP contribution in [0, 0.1) is 0 Å². The lowest BCUT2D eigenvalue weighted by Crippen LogP contribution is -2.24. The molecule has 20 heavy (non-hydrogen) atoms. The predicted octanol–water partition coefficient (Wildman–Crippen LogP) is 1.94.